The third kappa shape index (κ3) is 4.28. The van der Waals surface area contributed by atoms with E-state index in [2.05, 4.69) is 5.32 Å². The minimum absolute atomic E-state index is 0.0517. The fraction of sp³-hybridized carbons (Fsp3) is 0.556. The molecule has 2 unspecified atom stereocenters. The molecule has 0 aromatic heterocycles. The van der Waals surface area contributed by atoms with Gasteiger partial charge >= 0.3 is 18.2 Å². The lowest BCUT2D eigenvalue weighted by atomic mass is 9.90. The first-order valence-electron chi connectivity index (χ1n) is 8.40. The molecule has 2 N–H and O–H groups in total. The number of nitrogens with zero attached hydrogens (tertiary/aromatic N) is 1. The lowest BCUT2D eigenvalue weighted by Crippen LogP contribution is -2.43. The highest BCUT2D eigenvalue weighted by Crippen LogP contribution is 2.32. The normalized spacial score (nSPS) is 21.7. The largest absolute Gasteiger partial charge is 0.481 e. The zero-order valence-electron chi connectivity index (χ0n) is 14.9. The van der Waals surface area contributed by atoms with E-state index in [0.717, 1.165) is 12.1 Å². The second-order valence-electron chi connectivity index (χ2n) is 7.33. The molecule has 1 fully saturated rings. The van der Waals surface area contributed by atoms with Crippen LogP contribution in [0.5, 0.6) is 0 Å². The zero-order chi connectivity index (χ0) is 19.7. The van der Waals surface area contributed by atoms with Gasteiger partial charge in [-0.25, -0.2) is 4.79 Å². The summed E-state index contributed by atoms with van der Waals surface area (Å²) in [4.78, 5) is 25.3. The first kappa shape index (κ1) is 20.1. The Bertz CT molecular complexity index is 673. The molecule has 2 amide bonds. The van der Waals surface area contributed by atoms with Crippen LogP contribution in [0.4, 0.5) is 18.0 Å². The predicted octanol–water partition coefficient (Wildman–Crippen LogP) is 3.91. The van der Waals surface area contributed by atoms with Crippen LogP contribution in [0.25, 0.3) is 0 Å². The molecule has 0 bridgehead atoms. The Morgan fingerprint density at radius 1 is 1.23 bits per heavy atom. The Morgan fingerprint density at radius 2 is 1.81 bits per heavy atom. The molecular weight excluding hydrogens is 349 g/mol. The molecule has 1 aromatic carbocycles. The Morgan fingerprint density at radius 3 is 2.23 bits per heavy atom. The van der Waals surface area contributed by atoms with Gasteiger partial charge < -0.3 is 15.3 Å². The number of carboxylic acids is 1. The number of carboxylic acid groups (broad SMARTS) is 1. The van der Waals surface area contributed by atoms with E-state index in [1.165, 1.54) is 17.0 Å². The third-order valence-corrected chi connectivity index (χ3v) is 4.82. The summed E-state index contributed by atoms with van der Waals surface area (Å²) in [5.41, 5.74) is -1.15. The van der Waals surface area contributed by atoms with E-state index in [0.29, 0.717) is 18.5 Å². The zero-order valence-corrected chi connectivity index (χ0v) is 14.9. The maximum absolute atomic E-state index is 12.7. The molecule has 1 saturated heterocycles. The summed E-state index contributed by atoms with van der Waals surface area (Å²) in [6.45, 7) is 5.73. The van der Waals surface area contributed by atoms with Crippen molar-refractivity contribution >= 4 is 12.0 Å². The highest BCUT2D eigenvalue weighted by Gasteiger charge is 2.42. The minimum atomic E-state index is -4.41. The fourth-order valence-corrected chi connectivity index (χ4v) is 3.05. The molecule has 5 nitrogen and oxygen atoms in total. The van der Waals surface area contributed by atoms with Crippen molar-refractivity contribution in [2.45, 2.75) is 39.4 Å². The van der Waals surface area contributed by atoms with E-state index < -0.39 is 35.2 Å². The molecule has 1 aromatic rings. The predicted molar refractivity (Wildman–Crippen MR) is 89.5 cm³/mol. The molecular formula is C18H23F3N2O3. The number of hydrogen-bond donors (Lipinski definition) is 2. The lowest BCUT2D eigenvalue weighted by Gasteiger charge is -2.27. The molecule has 1 heterocycles. The topological polar surface area (TPSA) is 69.6 Å². The molecule has 26 heavy (non-hydrogen) atoms. The number of benzene rings is 1. The van der Waals surface area contributed by atoms with Gasteiger partial charge in [0.15, 0.2) is 0 Å². The van der Waals surface area contributed by atoms with Crippen LogP contribution in [0.2, 0.25) is 0 Å². The van der Waals surface area contributed by atoms with E-state index >= 15 is 0 Å². The summed E-state index contributed by atoms with van der Waals surface area (Å²) >= 11 is 0. The van der Waals surface area contributed by atoms with Gasteiger partial charge in [0.25, 0.3) is 0 Å². The molecule has 0 aliphatic carbocycles. The van der Waals surface area contributed by atoms with Crippen molar-refractivity contribution in [1.82, 2.24) is 10.2 Å². The van der Waals surface area contributed by atoms with Gasteiger partial charge in [-0.3, -0.25) is 4.79 Å². The molecule has 0 saturated carbocycles. The van der Waals surface area contributed by atoms with Gasteiger partial charge in [0, 0.05) is 13.1 Å². The lowest BCUT2D eigenvalue weighted by molar-refractivity contribution is -0.147. The summed E-state index contributed by atoms with van der Waals surface area (Å²) in [6.07, 6.45) is -4.05. The summed E-state index contributed by atoms with van der Waals surface area (Å²) in [6, 6.07) is 3.83. The molecule has 2 atom stereocenters. The van der Waals surface area contributed by atoms with Crippen LogP contribution in [0.3, 0.4) is 0 Å². The highest BCUT2D eigenvalue weighted by atomic mass is 19.4. The Labute approximate surface area is 150 Å². The van der Waals surface area contributed by atoms with Crippen molar-refractivity contribution in [3.8, 4) is 0 Å². The summed E-state index contributed by atoms with van der Waals surface area (Å²) < 4.78 is 38.1. The van der Waals surface area contributed by atoms with E-state index in [-0.39, 0.29) is 12.5 Å². The third-order valence-electron chi connectivity index (χ3n) is 4.82. The number of rotatable bonds is 4. The number of nitrogens with one attached hydrogen (secondary N) is 1. The minimum Gasteiger partial charge on any atom is -0.481 e. The van der Waals surface area contributed by atoms with Gasteiger partial charge in [-0.15, -0.1) is 0 Å². The number of amides is 2. The molecule has 1 aliphatic rings. The maximum atomic E-state index is 12.7. The molecule has 0 spiro atoms. The SMILES string of the molecule is CC(C)C(NC(=O)N1CCC(C)(C(=O)O)C1)c1ccc(C(F)(F)F)cc1. The molecule has 1 aliphatic heterocycles. The van der Waals surface area contributed by atoms with Crippen LogP contribution in [0, 0.1) is 11.3 Å². The van der Waals surface area contributed by atoms with Crippen molar-refractivity contribution in [3.05, 3.63) is 35.4 Å². The highest BCUT2D eigenvalue weighted by molar-refractivity contribution is 5.79. The van der Waals surface area contributed by atoms with Gasteiger partial charge in [0.05, 0.1) is 17.0 Å². The van der Waals surface area contributed by atoms with Crippen molar-refractivity contribution in [2.75, 3.05) is 13.1 Å². The van der Waals surface area contributed by atoms with Gasteiger partial charge in [-0.05, 0) is 37.0 Å². The molecule has 144 valence electrons. The van der Waals surface area contributed by atoms with Crippen LogP contribution in [0.15, 0.2) is 24.3 Å². The number of urea groups is 1. The Hall–Kier alpha value is -2.25. The second-order valence-corrected chi connectivity index (χ2v) is 7.33. The van der Waals surface area contributed by atoms with E-state index in [4.69, 9.17) is 0 Å². The van der Waals surface area contributed by atoms with Gasteiger partial charge in [0.1, 0.15) is 0 Å². The number of carbonyl (C=O) groups excluding carboxylic acids is 1. The van der Waals surface area contributed by atoms with Crippen molar-refractivity contribution in [2.24, 2.45) is 11.3 Å². The van der Waals surface area contributed by atoms with E-state index in [1.807, 2.05) is 13.8 Å². The van der Waals surface area contributed by atoms with Gasteiger partial charge in [-0.2, -0.15) is 13.2 Å². The van der Waals surface area contributed by atoms with Crippen LogP contribution in [0.1, 0.15) is 44.4 Å². The quantitative estimate of drug-likeness (QED) is 0.842. The molecule has 2 rings (SSSR count). The summed E-state index contributed by atoms with van der Waals surface area (Å²) in [5, 5.41) is 12.1. The first-order chi connectivity index (χ1) is 11.9. The number of likely N-dealkylation sites (tertiary alicyclic amines) is 1. The summed E-state index contributed by atoms with van der Waals surface area (Å²) in [7, 11) is 0. The first-order valence-corrected chi connectivity index (χ1v) is 8.40. The number of aliphatic carboxylic acids is 1. The average molecular weight is 372 g/mol. The van der Waals surface area contributed by atoms with Crippen molar-refractivity contribution in [3.63, 3.8) is 0 Å². The van der Waals surface area contributed by atoms with Gasteiger partial charge in [-0.1, -0.05) is 26.0 Å². The Kier molecular flexibility index (Phi) is 5.53. The maximum Gasteiger partial charge on any atom is 0.416 e. The molecule has 0 radical (unpaired) electrons. The second kappa shape index (κ2) is 7.17. The van der Waals surface area contributed by atoms with Crippen LogP contribution in [-0.2, 0) is 11.0 Å². The summed E-state index contributed by atoms with van der Waals surface area (Å²) in [5.74, 6) is -1.000. The van der Waals surface area contributed by atoms with Crippen LogP contribution < -0.4 is 5.32 Å². The van der Waals surface area contributed by atoms with Gasteiger partial charge in [0.2, 0.25) is 0 Å². The number of hydrogen-bond acceptors (Lipinski definition) is 2. The Balaban J connectivity index is 2.11. The standard InChI is InChI=1S/C18H23F3N2O3/c1-11(2)14(12-4-6-13(7-5-12)18(19,20)21)22-16(26)23-9-8-17(3,10-23)15(24)25/h4-7,11,14H,8-10H2,1-3H3,(H,22,26)(H,24,25). The van der Waals surface area contributed by atoms with Crippen molar-refractivity contribution < 1.29 is 27.9 Å². The van der Waals surface area contributed by atoms with E-state index in [9.17, 15) is 27.9 Å². The average Bonchev–Trinajstić information content (AvgIpc) is 2.95. The van der Waals surface area contributed by atoms with Crippen molar-refractivity contribution in [1.29, 1.82) is 0 Å². The number of alkyl halides is 3. The van der Waals surface area contributed by atoms with Crippen LogP contribution in [-0.4, -0.2) is 35.1 Å². The fourth-order valence-electron chi connectivity index (χ4n) is 3.05. The monoisotopic (exact) mass is 372 g/mol. The smallest absolute Gasteiger partial charge is 0.416 e. The molecule has 8 heteroatoms. The van der Waals surface area contributed by atoms with E-state index in [1.54, 1.807) is 6.92 Å². The van der Waals surface area contributed by atoms with Crippen LogP contribution >= 0.6 is 0 Å². The number of halogens is 3. The number of carbonyl (C=O) groups is 2.